The van der Waals surface area contributed by atoms with Crippen LogP contribution in [0.3, 0.4) is 0 Å². The highest BCUT2D eigenvalue weighted by molar-refractivity contribution is 5.36. The standard InChI is InChI=1S/C18H23N3O/c1-3-18-19-11-10-14(20-18)13-21-12-6-8-16(21)15-7-4-5-9-17(15)22-2/h4-5,7,9-11,16H,3,6,8,12-13H2,1-2H3. The Morgan fingerprint density at radius 3 is 2.95 bits per heavy atom. The molecule has 0 N–H and O–H groups in total. The van der Waals surface area contributed by atoms with Crippen LogP contribution < -0.4 is 4.74 Å². The number of aromatic nitrogens is 2. The summed E-state index contributed by atoms with van der Waals surface area (Å²) < 4.78 is 5.54. The molecule has 3 rings (SSSR count). The topological polar surface area (TPSA) is 38.2 Å². The maximum atomic E-state index is 5.54. The molecule has 0 amide bonds. The van der Waals surface area contributed by atoms with Gasteiger partial charge in [0, 0.05) is 30.8 Å². The molecular formula is C18H23N3O. The molecule has 0 radical (unpaired) electrons. The molecule has 2 heterocycles. The van der Waals surface area contributed by atoms with Gasteiger partial charge in [-0.2, -0.15) is 0 Å². The van der Waals surface area contributed by atoms with Crippen LogP contribution in [0, 0.1) is 0 Å². The van der Waals surface area contributed by atoms with E-state index in [9.17, 15) is 0 Å². The van der Waals surface area contributed by atoms with Gasteiger partial charge in [-0.3, -0.25) is 4.90 Å². The molecule has 4 heteroatoms. The molecule has 0 bridgehead atoms. The molecule has 22 heavy (non-hydrogen) atoms. The van der Waals surface area contributed by atoms with Gasteiger partial charge in [-0.15, -0.1) is 0 Å². The average Bonchev–Trinajstić information content (AvgIpc) is 3.03. The number of benzene rings is 1. The van der Waals surface area contributed by atoms with E-state index >= 15 is 0 Å². The van der Waals surface area contributed by atoms with Crippen molar-refractivity contribution in [1.29, 1.82) is 0 Å². The van der Waals surface area contributed by atoms with E-state index in [-0.39, 0.29) is 0 Å². The van der Waals surface area contributed by atoms with Gasteiger partial charge in [-0.25, -0.2) is 9.97 Å². The molecule has 1 fully saturated rings. The Kier molecular flexibility index (Phi) is 4.68. The third-order valence-electron chi connectivity index (χ3n) is 4.31. The van der Waals surface area contributed by atoms with Gasteiger partial charge in [0.1, 0.15) is 11.6 Å². The van der Waals surface area contributed by atoms with Crippen LogP contribution in [-0.4, -0.2) is 28.5 Å². The molecule has 1 aliphatic heterocycles. The maximum Gasteiger partial charge on any atom is 0.128 e. The minimum Gasteiger partial charge on any atom is -0.496 e. The van der Waals surface area contributed by atoms with Crippen molar-refractivity contribution < 1.29 is 4.74 Å². The van der Waals surface area contributed by atoms with Gasteiger partial charge in [-0.05, 0) is 31.5 Å². The Bertz CT molecular complexity index is 629. The lowest BCUT2D eigenvalue weighted by molar-refractivity contribution is 0.240. The smallest absolute Gasteiger partial charge is 0.128 e. The highest BCUT2D eigenvalue weighted by Crippen LogP contribution is 2.37. The van der Waals surface area contributed by atoms with E-state index in [0.29, 0.717) is 6.04 Å². The summed E-state index contributed by atoms with van der Waals surface area (Å²) in [4.78, 5) is 11.4. The lowest BCUT2D eigenvalue weighted by atomic mass is 10.0. The molecule has 0 aliphatic carbocycles. The zero-order chi connectivity index (χ0) is 15.4. The third-order valence-corrected chi connectivity index (χ3v) is 4.31. The summed E-state index contributed by atoms with van der Waals surface area (Å²) in [7, 11) is 1.75. The van der Waals surface area contributed by atoms with Gasteiger partial charge in [0.25, 0.3) is 0 Å². The number of para-hydroxylation sites is 1. The van der Waals surface area contributed by atoms with Crippen molar-refractivity contribution in [3.63, 3.8) is 0 Å². The number of hydrogen-bond acceptors (Lipinski definition) is 4. The minimum atomic E-state index is 0.413. The number of hydrogen-bond donors (Lipinski definition) is 0. The van der Waals surface area contributed by atoms with E-state index in [0.717, 1.165) is 36.8 Å². The molecule has 116 valence electrons. The fourth-order valence-corrected chi connectivity index (χ4v) is 3.22. The summed E-state index contributed by atoms with van der Waals surface area (Å²) in [6.07, 6.45) is 5.14. The molecule has 0 spiro atoms. The molecular weight excluding hydrogens is 274 g/mol. The van der Waals surface area contributed by atoms with E-state index in [2.05, 4.69) is 33.9 Å². The maximum absolute atomic E-state index is 5.54. The summed E-state index contributed by atoms with van der Waals surface area (Å²) in [6.45, 7) is 4.07. The summed E-state index contributed by atoms with van der Waals surface area (Å²) in [6, 6.07) is 10.8. The number of rotatable bonds is 5. The Morgan fingerprint density at radius 1 is 1.27 bits per heavy atom. The Hall–Kier alpha value is -1.94. The van der Waals surface area contributed by atoms with Crippen LogP contribution in [0.1, 0.15) is 42.9 Å². The van der Waals surface area contributed by atoms with E-state index in [4.69, 9.17) is 4.74 Å². The first kappa shape index (κ1) is 15.0. The molecule has 0 saturated carbocycles. The molecule has 1 aliphatic rings. The second kappa shape index (κ2) is 6.88. The van der Waals surface area contributed by atoms with Crippen molar-refractivity contribution >= 4 is 0 Å². The number of aryl methyl sites for hydroxylation is 1. The van der Waals surface area contributed by atoms with Gasteiger partial charge >= 0.3 is 0 Å². The third kappa shape index (κ3) is 3.12. The van der Waals surface area contributed by atoms with E-state index in [1.54, 1.807) is 7.11 Å². The molecule has 4 nitrogen and oxygen atoms in total. The van der Waals surface area contributed by atoms with Crippen molar-refractivity contribution in [3.8, 4) is 5.75 Å². The summed E-state index contributed by atoms with van der Waals surface area (Å²) in [5, 5.41) is 0. The average molecular weight is 297 g/mol. The molecule has 2 aromatic rings. The predicted molar refractivity (Wildman–Crippen MR) is 86.8 cm³/mol. The van der Waals surface area contributed by atoms with Gasteiger partial charge in [-0.1, -0.05) is 25.1 Å². The second-order valence-corrected chi connectivity index (χ2v) is 5.69. The molecule has 1 aromatic carbocycles. The number of nitrogens with zero attached hydrogens (tertiary/aromatic N) is 3. The lowest BCUT2D eigenvalue weighted by Crippen LogP contribution is -2.24. The van der Waals surface area contributed by atoms with Crippen LogP contribution in [0.5, 0.6) is 5.75 Å². The Morgan fingerprint density at radius 2 is 2.14 bits per heavy atom. The first-order valence-corrected chi connectivity index (χ1v) is 7.99. The Labute approximate surface area is 132 Å². The quantitative estimate of drug-likeness (QED) is 0.848. The predicted octanol–water partition coefficient (Wildman–Crippen LogP) is 3.38. The minimum absolute atomic E-state index is 0.413. The summed E-state index contributed by atoms with van der Waals surface area (Å²) in [5.74, 6) is 1.90. The second-order valence-electron chi connectivity index (χ2n) is 5.69. The van der Waals surface area contributed by atoms with Gasteiger partial charge < -0.3 is 4.74 Å². The van der Waals surface area contributed by atoms with E-state index < -0.39 is 0 Å². The largest absolute Gasteiger partial charge is 0.496 e. The molecule has 1 aromatic heterocycles. The van der Waals surface area contributed by atoms with Gasteiger partial charge in [0.05, 0.1) is 12.8 Å². The van der Waals surface area contributed by atoms with Crippen molar-refractivity contribution in [2.45, 2.75) is 38.8 Å². The molecule has 1 saturated heterocycles. The van der Waals surface area contributed by atoms with Crippen LogP contribution in [0.2, 0.25) is 0 Å². The Balaban J connectivity index is 1.81. The SMILES string of the molecule is CCc1nccc(CN2CCCC2c2ccccc2OC)n1. The normalized spacial score (nSPS) is 18.5. The monoisotopic (exact) mass is 297 g/mol. The number of ether oxygens (including phenoxy) is 1. The van der Waals surface area contributed by atoms with Crippen LogP contribution in [-0.2, 0) is 13.0 Å². The van der Waals surface area contributed by atoms with Crippen molar-refractivity contribution in [1.82, 2.24) is 14.9 Å². The fraction of sp³-hybridized carbons (Fsp3) is 0.444. The zero-order valence-corrected chi connectivity index (χ0v) is 13.3. The summed E-state index contributed by atoms with van der Waals surface area (Å²) >= 11 is 0. The van der Waals surface area contributed by atoms with Crippen LogP contribution in [0.15, 0.2) is 36.5 Å². The van der Waals surface area contributed by atoms with Crippen LogP contribution in [0.25, 0.3) is 0 Å². The van der Waals surface area contributed by atoms with Crippen molar-refractivity contribution in [2.24, 2.45) is 0 Å². The number of likely N-dealkylation sites (tertiary alicyclic amines) is 1. The summed E-state index contributed by atoms with van der Waals surface area (Å²) in [5.41, 5.74) is 2.39. The molecule has 1 atom stereocenters. The highest BCUT2D eigenvalue weighted by Gasteiger charge is 2.28. The van der Waals surface area contributed by atoms with Crippen molar-refractivity contribution in [2.75, 3.05) is 13.7 Å². The van der Waals surface area contributed by atoms with E-state index in [1.165, 1.54) is 18.4 Å². The van der Waals surface area contributed by atoms with Crippen LogP contribution >= 0.6 is 0 Å². The zero-order valence-electron chi connectivity index (χ0n) is 13.3. The van der Waals surface area contributed by atoms with Gasteiger partial charge in [0.2, 0.25) is 0 Å². The first-order valence-electron chi connectivity index (χ1n) is 7.99. The van der Waals surface area contributed by atoms with Gasteiger partial charge in [0.15, 0.2) is 0 Å². The van der Waals surface area contributed by atoms with Crippen molar-refractivity contribution in [3.05, 3.63) is 53.6 Å². The highest BCUT2D eigenvalue weighted by atomic mass is 16.5. The first-order chi connectivity index (χ1) is 10.8. The van der Waals surface area contributed by atoms with E-state index in [1.807, 2.05) is 24.4 Å². The molecule has 1 unspecified atom stereocenters. The lowest BCUT2D eigenvalue weighted by Gasteiger charge is -2.25. The fourth-order valence-electron chi connectivity index (χ4n) is 3.22. The van der Waals surface area contributed by atoms with Crippen LogP contribution in [0.4, 0.5) is 0 Å². The number of methoxy groups -OCH3 is 1.